The fourth-order valence-electron chi connectivity index (χ4n) is 2.09. The van der Waals surface area contributed by atoms with E-state index in [1.54, 1.807) is 0 Å². The minimum absolute atomic E-state index is 0.0373. The van der Waals surface area contributed by atoms with Crippen LogP contribution in [0, 0.1) is 11.8 Å². The van der Waals surface area contributed by atoms with E-state index in [1.807, 2.05) is 20.8 Å². The maximum Gasteiger partial charge on any atom is 0.220 e. The van der Waals surface area contributed by atoms with Gasteiger partial charge in [0, 0.05) is 25.7 Å². The molecule has 1 fully saturated rings. The Hall–Kier alpha value is -0.610. The first kappa shape index (κ1) is 14.5. The fourth-order valence-corrected chi connectivity index (χ4v) is 2.09. The smallest absolute Gasteiger partial charge is 0.220 e. The first-order valence-electron chi connectivity index (χ1n) is 6.58. The third-order valence-electron chi connectivity index (χ3n) is 3.60. The Balaban J connectivity index is 2.14. The van der Waals surface area contributed by atoms with Crippen molar-refractivity contribution in [3.8, 4) is 0 Å². The largest absolute Gasteiger partial charge is 0.396 e. The third kappa shape index (κ3) is 4.64. The quantitative estimate of drug-likeness (QED) is 0.709. The molecule has 0 aromatic heterocycles. The first-order valence-corrected chi connectivity index (χ1v) is 6.58. The minimum Gasteiger partial charge on any atom is -0.396 e. The molecule has 100 valence electrons. The lowest BCUT2D eigenvalue weighted by atomic mass is 9.80. The second-order valence-corrected chi connectivity index (χ2v) is 5.13. The Labute approximate surface area is 104 Å². The van der Waals surface area contributed by atoms with Crippen molar-refractivity contribution in [3.05, 3.63) is 0 Å². The summed E-state index contributed by atoms with van der Waals surface area (Å²) in [6, 6.07) is 0.0373. The van der Waals surface area contributed by atoms with Crippen LogP contribution in [0.2, 0.25) is 0 Å². The topological polar surface area (TPSA) is 58.6 Å². The van der Waals surface area contributed by atoms with Crippen LogP contribution in [0.25, 0.3) is 0 Å². The number of nitrogens with one attached hydrogen (secondary N) is 1. The second-order valence-electron chi connectivity index (χ2n) is 5.13. The molecule has 4 nitrogen and oxygen atoms in total. The highest BCUT2D eigenvalue weighted by Gasteiger charge is 2.31. The molecule has 0 spiro atoms. The van der Waals surface area contributed by atoms with Crippen molar-refractivity contribution in [1.82, 2.24) is 5.32 Å². The van der Waals surface area contributed by atoms with Gasteiger partial charge in [-0.25, -0.2) is 0 Å². The second kappa shape index (κ2) is 6.97. The van der Waals surface area contributed by atoms with Gasteiger partial charge in [-0.3, -0.25) is 4.79 Å². The van der Waals surface area contributed by atoms with Gasteiger partial charge in [0.15, 0.2) is 0 Å². The van der Waals surface area contributed by atoms with Crippen molar-refractivity contribution in [1.29, 1.82) is 0 Å². The molecule has 0 aliphatic heterocycles. The number of amides is 1. The zero-order chi connectivity index (χ0) is 12.8. The normalized spacial score (nSPS) is 27.1. The van der Waals surface area contributed by atoms with Gasteiger partial charge >= 0.3 is 0 Å². The molecule has 2 unspecified atom stereocenters. The van der Waals surface area contributed by atoms with Crippen LogP contribution in [0.4, 0.5) is 0 Å². The van der Waals surface area contributed by atoms with Crippen LogP contribution in [-0.4, -0.2) is 36.4 Å². The van der Waals surface area contributed by atoms with Crippen molar-refractivity contribution in [2.75, 3.05) is 13.2 Å². The van der Waals surface area contributed by atoms with Crippen molar-refractivity contribution >= 4 is 5.91 Å². The SMILES string of the molecule is CCOC1CC(CC(=O)NC(C)C(C)CO)C1. The van der Waals surface area contributed by atoms with Gasteiger partial charge in [0.05, 0.1) is 6.10 Å². The minimum atomic E-state index is 0.0373. The molecule has 0 aromatic rings. The van der Waals surface area contributed by atoms with Crippen LogP contribution in [-0.2, 0) is 9.53 Å². The van der Waals surface area contributed by atoms with Gasteiger partial charge in [-0.15, -0.1) is 0 Å². The van der Waals surface area contributed by atoms with Gasteiger partial charge in [-0.05, 0) is 38.5 Å². The Morgan fingerprint density at radius 1 is 1.47 bits per heavy atom. The molecular formula is C13H25NO3. The molecule has 1 rings (SSSR count). The summed E-state index contributed by atoms with van der Waals surface area (Å²) in [5, 5.41) is 11.9. The van der Waals surface area contributed by atoms with Crippen LogP contribution in [0.5, 0.6) is 0 Å². The molecule has 4 heteroatoms. The maximum absolute atomic E-state index is 11.7. The number of aliphatic hydroxyl groups is 1. The van der Waals surface area contributed by atoms with Crippen molar-refractivity contribution < 1.29 is 14.6 Å². The third-order valence-corrected chi connectivity index (χ3v) is 3.60. The number of hydrogen-bond donors (Lipinski definition) is 2. The molecule has 0 saturated heterocycles. The highest BCUT2D eigenvalue weighted by Crippen LogP contribution is 2.32. The molecule has 1 amide bonds. The number of hydrogen-bond acceptors (Lipinski definition) is 3. The first-order chi connectivity index (χ1) is 8.06. The van der Waals surface area contributed by atoms with Gasteiger partial charge in [0.1, 0.15) is 0 Å². The summed E-state index contributed by atoms with van der Waals surface area (Å²) in [6.07, 6.45) is 2.97. The van der Waals surface area contributed by atoms with Gasteiger partial charge in [0.25, 0.3) is 0 Å². The molecule has 17 heavy (non-hydrogen) atoms. The number of rotatable bonds is 7. The summed E-state index contributed by atoms with van der Waals surface area (Å²) in [4.78, 5) is 11.7. The molecule has 0 aromatic carbocycles. The van der Waals surface area contributed by atoms with E-state index < -0.39 is 0 Å². The Kier molecular flexibility index (Phi) is 5.92. The molecule has 0 radical (unpaired) electrons. The van der Waals surface area contributed by atoms with Crippen molar-refractivity contribution in [2.45, 2.75) is 52.2 Å². The van der Waals surface area contributed by atoms with E-state index in [0.717, 1.165) is 19.4 Å². The Bertz CT molecular complexity index is 239. The average molecular weight is 243 g/mol. The number of carbonyl (C=O) groups is 1. The molecule has 1 saturated carbocycles. The fraction of sp³-hybridized carbons (Fsp3) is 0.923. The average Bonchev–Trinajstić information content (AvgIpc) is 2.25. The van der Waals surface area contributed by atoms with E-state index in [0.29, 0.717) is 18.4 Å². The van der Waals surface area contributed by atoms with Crippen LogP contribution in [0.15, 0.2) is 0 Å². The van der Waals surface area contributed by atoms with Crippen molar-refractivity contribution in [2.24, 2.45) is 11.8 Å². The number of carbonyl (C=O) groups excluding carboxylic acids is 1. The van der Waals surface area contributed by atoms with Gasteiger partial charge < -0.3 is 15.2 Å². The molecule has 0 bridgehead atoms. The predicted molar refractivity (Wildman–Crippen MR) is 66.6 cm³/mol. The summed E-state index contributed by atoms with van der Waals surface area (Å²) in [6.45, 7) is 6.73. The van der Waals surface area contributed by atoms with Gasteiger partial charge in [-0.1, -0.05) is 6.92 Å². The molecular weight excluding hydrogens is 218 g/mol. The molecule has 2 atom stereocenters. The van der Waals surface area contributed by atoms with Crippen LogP contribution >= 0.6 is 0 Å². The number of aliphatic hydroxyl groups excluding tert-OH is 1. The molecule has 1 aliphatic rings. The maximum atomic E-state index is 11.7. The van der Waals surface area contributed by atoms with Crippen LogP contribution in [0.3, 0.4) is 0 Å². The highest BCUT2D eigenvalue weighted by atomic mass is 16.5. The van der Waals surface area contributed by atoms with Gasteiger partial charge in [0.2, 0.25) is 5.91 Å². The van der Waals surface area contributed by atoms with E-state index in [1.165, 1.54) is 0 Å². The summed E-state index contributed by atoms with van der Waals surface area (Å²) < 4.78 is 5.46. The summed E-state index contributed by atoms with van der Waals surface area (Å²) in [7, 11) is 0. The van der Waals surface area contributed by atoms with Crippen LogP contribution < -0.4 is 5.32 Å². The van der Waals surface area contributed by atoms with E-state index in [-0.39, 0.29) is 24.5 Å². The Morgan fingerprint density at radius 3 is 2.65 bits per heavy atom. The lowest BCUT2D eigenvalue weighted by Gasteiger charge is -2.34. The predicted octanol–water partition coefficient (Wildman–Crippen LogP) is 1.32. The monoisotopic (exact) mass is 243 g/mol. The standard InChI is InChI=1S/C13H25NO3/c1-4-17-12-5-11(6-12)7-13(16)14-10(3)9(2)8-15/h9-12,15H,4-8H2,1-3H3,(H,14,16). The van der Waals surface area contributed by atoms with Crippen molar-refractivity contribution in [3.63, 3.8) is 0 Å². The number of ether oxygens (including phenoxy) is 1. The van der Waals surface area contributed by atoms with Crippen LogP contribution in [0.1, 0.15) is 40.0 Å². The van der Waals surface area contributed by atoms with E-state index in [9.17, 15) is 4.79 Å². The molecule has 1 aliphatic carbocycles. The van der Waals surface area contributed by atoms with Gasteiger partial charge in [-0.2, -0.15) is 0 Å². The molecule has 0 heterocycles. The zero-order valence-corrected chi connectivity index (χ0v) is 11.1. The summed E-state index contributed by atoms with van der Waals surface area (Å²) >= 11 is 0. The van der Waals surface area contributed by atoms with E-state index in [2.05, 4.69) is 5.32 Å². The lowest BCUT2D eigenvalue weighted by Crippen LogP contribution is -2.41. The summed E-state index contributed by atoms with van der Waals surface area (Å²) in [5.74, 6) is 0.678. The summed E-state index contributed by atoms with van der Waals surface area (Å²) in [5.41, 5.74) is 0. The molecule has 2 N–H and O–H groups in total. The lowest BCUT2D eigenvalue weighted by molar-refractivity contribution is -0.125. The Morgan fingerprint density at radius 2 is 2.12 bits per heavy atom. The highest BCUT2D eigenvalue weighted by molar-refractivity contribution is 5.76. The van der Waals surface area contributed by atoms with E-state index >= 15 is 0 Å². The zero-order valence-electron chi connectivity index (χ0n) is 11.1. The van der Waals surface area contributed by atoms with E-state index in [4.69, 9.17) is 9.84 Å².